The zero-order chi connectivity index (χ0) is 13.8. The first-order valence-electron chi connectivity index (χ1n) is 5.75. The second-order valence-corrected chi connectivity index (χ2v) is 4.39. The molecule has 1 heterocycles. The number of pyridine rings is 1. The average molecular weight is 279 g/mol. The molecule has 0 saturated carbocycles. The van der Waals surface area contributed by atoms with Gasteiger partial charge in [-0.2, -0.15) is 0 Å². The number of nitrogens with zero attached hydrogens (tertiary/aromatic N) is 1. The third-order valence-corrected chi connectivity index (χ3v) is 3.07. The highest BCUT2D eigenvalue weighted by molar-refractivity contribution is 6.30. The lowest BCUT2D eigenvalue weighted by atomic mass is 10.0. The van der Waals surface area contributed by atoms with Crippen LogP contribution < -0.4 is 15.2 Å². The number of hydrogen-bond donors (Lipinski definition) is 1. The molecule has 2 rings (SSSR count). The fourth-order valence-corrected chi connectivity index (χ4v) is 2.02. The van der Waals surface area contributed by atoms with Crippen molar-refractivity contribution in [1.29, 1.82) is 0 Å². The van der Waals surface area contributed by atoms with Gasteiger partial charge in [0.2, 0.25) is 0 Å². The number of methoxy groups -OCH3 is 2. The maximum Gasteiger partial charge on any atom is 0.127 e. The molecule has 0 bridgehead atoms. The van der Waals surface area contributed by atoms with Crippen molar-refractivity contribution < 1.29 is 9.47 Å². The van der Waals surface area contributed by atoms with Crippen molar-refractivity contribution >= 4 is 11.6 Å². The lowest BCUT2D eigenvalue weighted by Crippen LogP contribution is -2.15. The van der Waals surface area contributed by atoms with Gasteiger partial charge in [-0.05, 0) is 24.3 Å². The largest absolute Gasteiger partial charge is 0.496 e. The summed E-state index contributed by atoms with van der Waals surface area (Å²) < 4.78 is 10.7. The van der Waals surface area contributed by atoms with Gasteiger partial charge in [0, 0.05) is 6.20 Å². The van der Waals surface area contributed by atoms with Gasteiger partial charge in [0.1, 0.15) is 11.5 Å². The Kier molecular flexibility index (Phi) is 4.24. The van der Waals surface area contributed by atoms with Crippen LogP contribution in [0.15, 0.2) is 36.5 Å². The van der Waals surface area contributed by atoms with Crippen LogP contribution in [0.5, 0.6) is 11.5 Å². The van der Waals surface area contributed by atoms with E-state index >= 15 is 0 Å². The molecule has 2 N–H and O–H groups in total. The number of benzene rings is 1. The Hall–Kier alpha value is -1.78. The summed E-state index contributed by atoms with van der Waals surface area (Å²) in [7, 11) is 3.20. The highest BCUT2D eigenvalue weighted by atomic mass is 35.5. The lowest BCUT2D eigenvalue weighted by molar-refractivity contribution is 0.382. The van der Waals surface area contributed by atoms with Gasteiger partial charge < -0.3 is 15.2 Å². The molecule has 0 aliphatic heterocycles. The van der Waals surface area contributed by atoms with Crippen LogP contribution in [0.1, 0.15) is 17.3 Å². The van der Waals surface area contributed by atoms with E-state index in [0.29, 0.717) is 22.2 Å². The average Bonchev–Trinajstić information content (AvgIpc) is 2.46. The first-order valence-corrected chi connectivity index (χ1v) is 6.13. The van der Waals surface area contributed by atoms with Crippen LogP contribution in [-0.2, 0) is 0 Å². The number of ether oxygens (including phenoxy) is 2. The lowest BCUT2D eigenvalue weighted by Gasteiger charge is -2.18. The smallest absolute Gasteiger partial charge is 0.127 e. The van der Waals surface area contributed by atoms with Crippen molar-refractivity contribution in [2.75, 3.05) is 14.2 Å². The normalized spacial score (nSPS) is 12.0. The van der Waals surface area contributed by atoms with E-state index in [1.165, 1.54) is 0 Å². The van der Waals surface area contributed by atoms with Gasteiger partial charge in [0.05, 0.1) is 36.5 Å². The summed E-state index contributed by atoms with van der Waals surface area (Å²) in [6, 6.07) is 8.64. The first kappa shape index (κ1) is 13.6. The van der Waals surface area contributed by atoms with Crippen molar-refractivity contribution in [3.63, 3.8) is 0 Å². The Morgan fingerprint density at radius 2 is 1.74 bits per heavy atom. The quantitative estimate of drug-likeness (QED) is 0.934. The zero-order valence-corrected chi connectivity index (χ0v) is 11.5. The highest BCUT2D eigenvalue weighted by Crippen LogP contribution is 2.35. The molecule has 4 nitrogen and oxygen atoms in total. The molecule has 1 atom stereocenters. The zero-order valence-electron chi connectivity index (χ0n) is 10.8. The van der Waals surface area contributed by atoms with E-state index < -0.39 is 6.04 Å². The van der Waals surface area contributed by atoms with Crippen molar-refractivity contribution in [2.24, 2.45) is 5.73 Å². The van der Waals surface area contributed by atoms with Crippen LogP contribution in [0.4, 0.5) is 0 Å². The molecular weight excluding hydrogens is 264 g/mol. The molecular formula is C14H15ClN2O2. The molecule has 0 saturated heterocycles. The van der Waals surface area contributed by atoms with Gasteiger partial charge in [-0.1, -0.05) is 17.7 Å². The van der Waals surface area contributed by atoms with Gasteiger partial charge in [0.25, 0.3) is 0 Å². The standard InChI is InChI=1S/C14H15ClN2O2/c1-18-11-4-3-5-12(19-2)13(11)14(16)10-7-6-9(15)8-17-10/h3-8,14H,16H2,1-2H3. The maximum atomic E-state index is 6.25. The molecule has 0 radical (unpaired) electrons. The predicted molar refractivity (Wildman–Crippen MR) is 74.8 cm³/mol. The van der Waals surface area contributed by atoms with Gasteiger partial charge in [0.15, 0.2) is 0 Å². The van der Waals surface area contributed by atoms with Gasteiger partial charge >= 0.3 is 0 Å². The Morgan fingerprint density at radius 1 is 1.11 bits per heavy atom. The molecule has 1 unspecified atom stereocenters. The van der Waals surface area contributed by atoms with Gasteiger partial charge in [-0.25, -0.2) is 0 Å². The van der Waals surface area contributed by atoms with Crippen LogP contribution in [0, 0.1) is 0 Å². The summed E-state index contributed by atoms with van der Waals surface area (Å²) in [5.74, 6) is 1.34. The third kappa shape index (κ3) is 2.80. The monoisotopic (exact) mass is 278 g/mol. The number of rotatable bonds is 4. The highest BCUT2D eigenvalue weighted by Gasteiger charge is 2.20. The molecule has 2 aromatic rings. The molecule has 100 valence electrons. The van der Waals surface area contributed by atoms with E-state index in [-0.39, 0.29) is 0 Å². The Labute approximate surface area is 117 Å². The number of aromatic nitrogens is 1. The molecule has 1 aromatic carbocycles. The molecule has 1 aromatic heterocycles. The SMILES string of the molecule is COc1cccc(OC)c1C(N)c1ccc(Cl)cn1. The maximum absolute atomic E-state index is 6.25. The van der Waals surface area contributed by atoms with E-state index in [0.717, 1.165) is 5.56 Å². The number of halogens is 1. The summed E-state index contributed by atoms with van der Waals surface area (Å²) in [6.45, 7) is 0. The van der Waals surface area contributed by atoms with Crippen LogP contribution >= 0.6 is 11.6 Å². The fourth-order valence-electron chi connectivity index (χ4n) is 1.91. The predicted octanol–water partition coefficient (Wildman–Crippen LogP) is 2.80. The first-order chi connectivity index (χ1) is 9.17. The minimum absolute atomic E-state index is 0.441. The summed E-state index contributed by atoms with van der Waals surface area (Å²) in [5, 5.41) is 0.572. The summed E-state index contributed by atoms with van der Waals surface area (Å²) >= 11 is 5.83. The Balaban J connectivity index is 2.47. The molecule has 0 fully saturated rings. The third-order valence-electron chi connectivity index (χ3n) is 2.85. The summed E-state index contributed by atoms with van der Waals surface area (Å²) in [4.78, 5) is 4.24. The van der Waals surface area contributed by atoms with Crippen LogP contribution in [-0.4, -0.2) is 19.2 Å². The van der Waals surface area contributed by atoms with Crippen molar-refractivity contribution in [3.05, 3.63) is 52.8 Å². The van der Waals surface area contributed by atoms with E-state index in [9.17, 15) is 0 Å². The molecule has 0 amide bonds. The minimum atomic E-state index is -0.441. The van der Waals surface area contributed by atoms with E-state index in [2.05, 4.69) is 4.98 Å². The Morgan fingerprint density at radius 3 is 2.21 bits per heavy atom. The molecule has 0 spiro atoms. The number of nitrogens with two attached hydrogens (primary N) is 1. The fraction of sp³-hybridized carbons (Fsp3) is 0.214. The van der Waals surface area contributed by atoms with Crippen molar-refractivity contribution in [3.8, 4) is 11.5 Å². The second-order valence-electron chi connectivity index (χ2n) is 3.96. The number of hydrogen-bond acceptors (Lipinski definition) is 4. The molecule has 5 heteroatoms. The van der Waals surface area contributed by atoms with Crippen LogP contribution in [0.3, 0.4) is 0 Å². The van der Waals surface area contributed by atoms with E-state index in [1.807, 2.05) is 18.2 Å². The van der Waals surface area contributed by atoms with Crippen LogP contribution in [0.2, 0.25) is 5.02 Å². The Bertz CT molecular complexity index is 536. The minimum Gasteiger partial charge on any atom is -0.496 e. The van der Waals surface area contributed by atoms with Crippen molar-refractivity contribution in [2.45, 2.75) is 6.04 Å². The summed E-state index contributed by atoms with van der Waals surface area (Å²) in [5.41, 5.74) is 7.72. The molecule has 19 heavy (non-hydrogen) atoms. The molecule has 0 aliphatic carbocycles. The second kappa shape index (κ2) is 5.91. The summed E-state index contributed by atoms with van der Waals surface area (Å²) in [6.07, 6.45) is 1.57. The van der Waals surface area contributed by atoms with Crippen molar-refractivity contribution in [1.82, 2.24) is 4.98 Å². The molecule has 0 aliphatic rings. The van der Waals surface area contributed by atoms with Gasteiger partial charge in [-0.15, -0.1) is 0 Å². The van der Waals surface area contributed by atoms with E-state index in [4.69, 9.17) is 26.8 Å². The van der Waals surface area contributed by atoms with Gasteiger partial charge in [-0.3, -0.25) is 4.98 Å². The van der Waals surface area contributed by atoms with Crippen LogP contribution in [0.25, 0.3) is 0 Å². The topological polar surface area (TPSA) is 57.4 Å². The van der Waals surface area contributed by atoms with E-state index in [1.54, 1.807) is 32.5 Å².